The molecule has 1 aliphatic heterocycles. The predicted octanol–water partition coefficient (Wildman–Crippen LogP) is 5.06. The molecule has 0 fully saturated rings. The summed E-state index contributed by atoms with van der Waals surface area (Å²) in [6.45, 7) is 6.53. The molecule has 2 aromatic carbocycles. The van der Waals surface area contributed by atoms with Crippen molar-refractivity contribution >= 4 is 0 Å². The van der Waals surface area contributed by atoms with Crippen LogP contribution in [0.25, 0.3) is 11.5 Å². The highest BCUT2D eigenvalue weighted by Gasteiger charge is 2.39. The summed E-state index contributed by atoms with van der Waals surface area (Å²) in [6, 6.07) is 14.5. The molecule has 32 heavy (non-hydrogen) atoms. The van der Waals surface area contributed by atoms with Crippen molar-refractivity contribution in [1.82, 2.24) is 15.1 Å². The van der Waals surface area contributed by atoms with Gasteiger partial charge in [-0.1, -0.05) is 57.2 Å². The van der Waals surface area contributed by atoms with Gasteiger partial charge in [-0.2, -0.15) is 13.2 Å². The van der Waals surface area contributed by atoms with E-state index in [0.717, 1.165) is 11.1 Å². The Labute approximate surface area is 183 Å². The molecule has 6 nitrogen and oxygen atoms in total. The Kier molecular flexibility index (Phi) is 5.72. The van der Waals surface area contributed by atoms with Gasteiger partial charge in [-0.25, -0.2) is 0 Å². The van der Waals surface area contributed by atoms with Crippen LogP contribution in [0.15, 0.2) is 52.9 Å². The van der Waals surface area contributed by atoms with E-state index in [1.54, 1.807) is 18.2 Å². The second-order valence-corrected chi connectivity index (χ2v) is 8.88. The molecule has 3 aromatic rings. The minimum Gasteiger partial charge on any atom is -0.491 e. The molecule has 1 N–H and O–H groups in total. The quantitative estimate of drug-likeness (QED) is 0.606. The number of rotatable bonds is 3. The number of hydrogen-bond acceptors (Lipinski definition) is 6. The van der Waals surface area contributed by atoms with Crippen LogP contribution >= 0.6 is 0 Å². The third-order valence-corrected chi connectivity index (χ3v) is 5.40. The van der Waals surface area contributed by atoms with Gasteiger partial charge in [-0.05, 0) is 17.7 Å². The van der Waals surface area contributed by atoms with Crippen LogP contribution in [0.5, 0.6) is 5.75 Å². The Balaban J connectivity index is 1.69. The third-order valence-electron chi connectivity index (χ3n) is 5.40. The van der Waals surface area contributed by atoms with Crippen LogP contribution in [-0.4, -0.2) is 33.0 Å². The van der Waals surface area contributed by atoms with Gasteiger partial charge in [0, 0.05) is 23.1 Å². The van der Waals surface area contributed by atoms with Gasteiger partial charge in [0.25, 0.3) is 0 Å². The number of hydrogen-bond donors (Lipinski definition) is 1. The lowest BCUT2D eigenvalue weighted by Crippen LogP contribution is -2.46. The summed E-state index contributed by atoms with van der Waals surface area (Å²) in [5, 5.41) is 17.7. The van der Waals surface area contributed by atoms with Crippen LogP contribution in [0.2, 0.25) is 0 Å². The lowest BCUT2D eigenvalue weighted by Gasteiger charge is -2.40. The number of ether oxygens (including phenoxy) is 1. The van der Waals surface area contributed by atoms with Crippen molar-refractivity contribution in [3.63, 3.8) is 0 Å². The minimum absolute atomic E-state index is 0.221. The molecule has 1 aliphatic rings. The first-order valence-corrected chi connectivity index (χ1v) is 10.2. The Morgan fingerprint density at radius 2 is 1.78 bits per heavy atom. The number of alkyl halides is 3. The Hall–Kier alpha value is -2.91. The van der Waals surface area contributed by atoms with Crippen LogP contribution in [-0.2, 0) is 12.7 Å². The molecule has 1 aromatic heterocycles. The molecule has 0 spiro atoms. The summed E-state index contributed by atoms with van der Waals surface area (Å²) in [5.41, 5.74) is 1.71. The highest BCUT2D eigenvalue weighted by molar-refractivity contribution is 5.58. The zero-order valence-corrected chi connectivity index (χ0v) is 17.9. The first-order valence-electron chi connectivity index (χ1n) is 10.2. The zero-order chi connectivity index (χ0) is 23.1. The fraction of sp³-hybridized carbons (Fsp3) is 0.391. The average Bonchev–Trinajstić information content (AvgIpc) is 3.16. The van der Waals surface area contributed by atoms with E-state index in [0.29, 0.717) is 17.9 Å². The molecule has 2 heterocycles. The fourth-order valence-electron chi connectivity index (χ4n) is 3.70. The van der Waals surface area contributed by atoms with Gasteiger partial charge in [0.05, 0.1) is 6.04 Å². The van der Waals surface area contributed by atoms with Gasteiger partial charge in [0.1, 0.15) is 18.6 Å². The van der Waals surface area contributed by atoms with E-state index in [1.165, 1.54) is 0 Å². The Morgan fingerprint density at radius 3 is 2.41 bits per heavy atom. The molecule has 0 saturated heterocycles. The van der Waals surface area contributed by atoms with Crippen molar-refractivity contribution in [2.45, 2.75) is 45.8 Å². The Bertz CT molecular complexity index is 1080. The van der Waals surface area contributed by atoms with Crippen LogP contribution < -0.4 is 4.74 Å². The summed E-state index contributed by atoms with van der Waals surface area (Å²) < 4.78 is 49.3. The number of nitrogens with zero attached hydrogens (tertiary/aromatic N) is 3. The molecular weight excluding hydrogens is 423 g/mol. The predicted molar refractivity (Wildman–Crippen MR) is 110 cm³/mol. The summed E-state index contributed by atoms with van der Waals surface area (Å²) >= 11 is 0. The number of fused-ring (bicyclic) bond motifs is 1. The molecular formula is C23H24F3N3O3. The first kappa shape index (κ1) is 22.3. The summed E-state index contributed by atoms with van der Waals surface area (Å²) in [4.78, 5) is 1.98. The largest absolute Gasteiger partial charge is 0.491 e. The number of aromatic nitrogens is 2. The monoisotopic (exact) mass is 447 g/mol. The number of aliphatic hydroxyl groups is 1. The standard InChI is InChI=1S/C23H24F3N3O3/c1-22(2,3)21(30)29-12-16-10-9-15(19-27-28-20(32-19)23(24,25)26)11-18(16)31-13-17(29)14-7-5-4-6-8-14/h4-11,17,21,30H,12-13H2,1-3H3/t17-,21?/m1/s1. The van der Waals surface area contributed by atoms with Crippen LogP contribution in [0.4, 0.5) is 13.2 Å². The molecule has 0 radical (unpaired) electrons. The summed E-state index contributed by atoms with van der Waals surface area (Å²) in [5.74, 6) is -1.13. The van der Waals surface area contributed by atoms with E-state index in [2.05, 4.69) is 10.2 Å². The Morgan fingerprint density at radius 1 is 1.06 bits per heavy atom. The number of benzene rings is 2. The van der Waals surface area contributed by atoms with Crippen molar-refractivity contribution < 1.29 is 27.4 Å². The van der Waals surface area contributed by atoms with Gasteiger partial charge in [0.15, 0.2) is 0 Å². The molecule has 170 valence electrons. The van der Waals surface area contributed by atoms with Gasteiger partial charge >= 0.3 is 12.1 Å². The molecule has 0 saturated carbocycles. The lowest BCUT2D eigenvalue weighted by atomic mass is 9.91. The highest BCUT2D eigenvalue weighted by atomic mass is 19.4. The van der Waals surface area contributed by atoms with Gasteiger partial charge in [0.2, 0.25) is 5.89 Å². The van der Waals surface area contributed by atoms with Crippen LogP contribution in [0, 0.1) is 5.41 Å². The van der Waals surface area contributed by atoms with E-state index >= 15 is 0 Å². The molecule has 0 aliphatic carbocycles. The molecule has 4 rings (SSSR count). The van der Waals surface area contributed by atoms with Crippen LogP contribution in [0.3, 0.4) is 0 Å². The van der Waals surface area contributed by atoms with E-state index in [9.17, 15) is 18.3 Å². The minimum atomic E-state index is -4.71. The van der Waals surface area contributed by atoms with Crippen molar-refractivity contribution in [3.8, 4) is 17.2 Å². The van der Waals surface area contributed by atoms with Crippen LogP contribution in [0.1, 0.15) is 43.8 Å². The van der Waals surface area contributed by atoms with Crippen molar-refractivity contribution in [3.05, 3.63) is 65.5 Å². The van der Waals surface area contributed by atoms with Crippen molar-refractivity contribution in [2.24, 2.45) is 5.41 Å². The smallest absolute Gasteiger partial charge is 0.470 e. The third kappa shape index (κ3) is 4.49. The molecule has 1 unspecified atom stereocenters. The van der Waals surface area contributed by atoms with E-state index in [4.69, 9.17) is 9.15 Å². The van der Waals surface area contributed by atoms with E-state index < -0.39 is 23.7 Å². The van der Waals surface area contributed by atoms with Gasteiger partial charge < -0.3 is 14.3 Å². The summed E-state index contributed by atoms with van der Waals surface area (Å²) in [6.07, 6.45) is -5.47. The molecule has 2 atom stereocenters. The van der Waals surface area contributed by atoms with Gasteiger partial charge in [-0.3, -0.25) is 4.90 Å². The van der Waals surface area contributed by atoms with Crippen molar-refractivity contribution in [2.75, 3.05) is 6.61 Å². The SMILES string of the molecule is CC(C)(C)C(O)N1Cc2ccc(-c3nnc(C(F)(F)F)o3)cc2OC[C@@H]1c1ccccc1. The average molecular weight is 447 g/mol. The fourth-order valence-corrected chi connectivity index (χ4v) is 3.70. The maximum absolute atomic E-state index is 12.8. The highest BCUT2D eigenvalue weighted by Crippen LogP contribution is 2.38. The maximum atomic E-state index is 12.8. The maximum Gasteiger partial charge on any atom is 0.470 e. The van der Waals surface area contributed by atoms with Crippen molar-refractivity contribution in [1.29, 1.82) is 0 Å². The van der Waals surface area contributed by atoms with E-state index in [-0.39, 0.29) is 18.5 Å². The molecule has 0 bridgehead atoms. The molecule has 0 amide bonds. The lowest BCUT2D eigenvalue weighted by molar-refractivity contribution is -0.156. The molecule has 9 heteroatoms. The second kappa shape index (κ2) is 8.22. The van der Waals surface area contributed by atoms with Gasteiger partial charge in [-0.15, -0.1) is 10.2 Å². The normalized spacial score (nSPS) is 18.5. The first-order chi connectivity index (χ1) is 15.0. The second-order valence-electron chi connectivity index (χ2n) is 8.88. The topological polar surface area (TPSA) is 71.6 Å². The number of halogens is 3. The van der Waals surface area contributed by atoms with E-state index in [1.807, 2.05) is 56.0 Å². The number of aliphatic hydroxyl groups excluding tert-OH is 1. The zero-order valence-electron chi connectivity index (χ0n) is 17.9. The summed E-state index contributed by atoms with van der Waals surface area (Å²) in [7, 11) is 0.